The van der Waals surface area contributed by atoms with Gasteiger partial charge < -0.3 is 51.2 Å². The number of hydrogen-bond acceptors (Lipinski definition) is 20. The Labute approximate surface area is 401 Å². The van der Waals surface area contributed by atoms with Crippen molar-refractivity contribution in [2.75, 3.05) is 45.1 Å². The molecule has 0 bridgehead atoms. The van der Waals surface area contributed by atoms with Crippen LogP contribution in [-0.4, -0.2) is 91.4 Å². The van der Waals surface area contributed by atoms with E-state index >= 15 is 0 Å². The van der Waals surface area contributed by atoms with Crippen molar-refractivity contribution in [3.05, 3.63) is 120 Å². The predicted molar refractivity (Wildman–Crippen MR) is 222 cm³/mol. The van der Waals surface area contributed by atoms with E-state index in [0.29, 0.717) is 11.4 Å². The number of aliphatic hydroxyl groups excluding tert-OH is 2. The number of nitrogens with one attached hydrogen (secondary N) is 6. The summed E-state index contributed by atoms with van der Waals surface area (Å²) >= 11 is 0. The Morgan fingerprint density at radius 2 is 0.806 bits per heavy atom. The van der Waals surface area contributed by atoms with Crippen molar-refractivity contribution in [1.82, 2.24) is 29.9 Å². The molecule has 0 spiro atoms. The zero-order valence-corrected chi connectivity index (χ0v) is 39.4. The van der Waals surface area contributed by atoms with Crippen LogP contribution in [0.15, 0.2) is 119 Å². The van der Waals surface area contributed by atoms with E-state index in [2.05, 4.69) is 61.8 Å². The van der Waals surface area contributed by atoms with Crippen LogP contribution < -0.4 is 91.0 Å². The molecule has 20 nitrogen and oxygen atoms in total. The van der Waals surface area contributed by atoms with Gasteiger partial charge in [-0.25, -0.2) is 16.8 Å². The number of aliphatic hydroxyl groups is 2. The Hall–Kier alpha value is -4.82. The molecule has 62 heavy (non-hydrogen) atoms. The van der Waals surface area contributed by atoms with Gasteiger partial charge in [0.25, 0.3) is 0 Å². The minimum atomic E-state index is -5.26. The van der Waals surface area contributed by atoms with E-state index in [1.807, 2.05) is 0 Å². The number of anilines is 8. The minimum Gasteiger partial charge on any atom is -0.744 e. The predicted octanol–water partition coefficient (Wildman–Crippen LogP) is -2.00. The Kier molecular flexibility index (Phi) is 18.1. The van der Waals surface area contributed by atoms with Crippen molar-refractivity contribution < 1.29 is 95.3 Å². The fourth-order valence-electron chi connectivity index (χ4n) is 5.47. The number of aromatic nitrogens is 6. The molecule has 2 unspecified atom stereocenters. The van der Waals surface area contributed by atoms with Crippen LogP contribution in [0, 0.1) is 0 Å². The first-order valence-electron chi connectivity index (χ1n) is 18.0. The van der Waals surface area contributed by atoms with E-state index < -0.39 is 42.1 Å². The van der Waals surface area contributed by atoms with Crippen LogP contribution in [0.4, 0.5) is 47.1 Å². The fourth-order valence-corrected chi connectivity index (χ4v) is 6.84. The minimum absolute atomic E-state index is 0. The van der Waals surface area contributed by atoms with Crippen LogP contribution in [-0.2, 0) is 20.2 Å². The number of para-hydroxylation sites is 2. The molecule has 0 saturated heterocycles. The maximum atomic E-state index is 12.9. The number of benzene rings is 4. The molecule has 24 heteroatoms. The normalized spacial score (nSPS) is 12.6. The van der Waals surface area contributed by atoms with Crippen molar-refractivity contribution in [2.45, 2.75) is 35.7 Å². The van der Waals surface area contributed by atoms with Gasteiger partial charge in [-0.2, -0.15) is 29.9 Å². The smallest absolute Gasteiger partial charge is 0.744 e. The zero-order valence-electron chi connectivity index (χ0n) is 33.8. The third kappa shape index (κ3) is 13.6. The molecule has 0 fully saturated rings. The molecule has 0 amide bonds. The summed E-state index contributed by atoms with van der Waals surface area (Å²) < 4.78 is 77.3. The summed E-state index contributed by atoms with van der Waals surface area (Å²) in [6.07, 6.45) is 0. The largest absolute Gasteiger partial charge is 1.00 e. The van der Waals surface area contributed by atoms with Crippen LogP contribution in [0.1, 0.15) is 25.0 Å². The van der Waals surface area contributed by atoms with Crippen molar-refractivity contribution in [3.63, 3.8) is 0 Å². The second-order valence-electron chi connectivity index (χ2n) is 13.0. The molecular formula is C38H38N12Na2O8S2. The van der Waals surface area contributed by atoms with E-state index in [1.54, 1.807) is 74.5 Å². The molecule has 312 valence electrons. The quantitative estimate of drug-likeness (QED) is 0.0263. The topological polar surface area (TPSA) is 304 Å². The summed E-state index contributed by atoms with van der Waals surface area (Å²) in [5, 5.41) is 37.5. The first kappa shape index (κ1) is 49.8. The van der Waals surface area contributed by atoms with Gasteiger partial charge in [0.2, 0.25) is 35.7 Å². The molecule has 2 heterocycles. The van der Waals surface area contributed by atoms with E-state index in [0.717, 1.165) is 12.1 Å². The van der Waals surface area contributed by atoms with Gasteiger partial charge in [-0.05, 0) is 50.2 Å². The summed E-state index contributed by atoms with van der Waals surface area (Å²) in [7, 11) is -10.5. The first-order chi connectivity index (χ1) is 28.7. The third-order valence-electron chi connectivity index (χ3n) is 8.20. The average molecular weight is 901 g/mol. The zero-order chi connectivity index (χ0) is 42.9. The van der Waals surface area contributed by atoms with Gasteiger partial charge in [-0.15, -0.1) is 0 Å². The Bertz CT molecular complexity index is 2520. The van der Waals surface area contributed by atoms with Crippen molar-refractivity contribution in [1.29, 1.82) is 0 Å². The Morgan fingerprint density at radius 1 is 0.500 bits per heavy atom. The molecule has 2 aromatic heterocycles. The maximum Gasteiger partial charge on any atom is 1.00 e. The summed E-state index contributed by atoms with van der Waals surface area (Å²) in [6, 6.07) is 26.6. The summed E-state index contributed by atoms with van der Waals surface area (Å²) in [5.41, 5.74) is -0.158. The second-order valence-corrected chi connectivity index (χ2v) is 15.6. The molecule has 4 aromatic carbocycles. The van der Waals surface area contributed by atoms with Gasteiger partial charge in [-0.1, -0.05) is 72.8 Å². The van der Waals surface area contributed by atoms with Crippen molar-refractivity contribution in [3.8, 4) is 0 Å². The number of nitrogens with zero attached hydrogens (tertiary/aromatic N) is 6. The van der Waals surface area contributed by atoms with Crippen molar-refractivity contribution in [2.24, 2.45) is 0 Å². The van der Waals surface area contributed by atoms with Crippen LogP contribution in [0.25, 0.3) is 11.4 Å². The SMILES string of the molecule is CC(CO)Nc1nc(NC(=C(Nc2nc(Nc3ccccc3)nc(NC(C)CO)n2)c2ccccc2S(=O)(=O)[O-])c2ccccc2S(=O)(=O)[O-])nc(Nc2ccccc2)n1.[Na+].[Na+]. The third-order valence-corrected chi connectivity index (χ3v) is 9.99. The maximum absolute atomic E-state index is 12.9. The van der Waals surface area contributed by atoms with E-state index in [4.69, 9.17) is 0 Å². The molecule has 0 aliphatic heterocycles. The van der Waals surface area contributed by atoms with Crippen LogP contribution in [0.3, 0.4) is 0 Å². The van der Waals surface area contributed by atoms with E-state index in [9.17, 15) is 36.2 Å². The van der Waals surface area contributed by atoms with Gasteiger partial charge in [0.15, 0.2) is 0 Å². The standard InChI is InChI=1S/C38H40N12O8S2.2Na/c1-23(21-51)39-33-45-35(41-25-13-5-3-6-14-25)49-37(47-33)43-31(27-17-9-11-19-29(27)59(53,54)55)32(28-18-10-12-20-30(28)60(56,57)58)44-38-48-34(40-24(2)22-52)46-36(50-38)42-26-15-7-4-8-16-26;;/h3-20,23-24,51-52H,21-22H2,1-2H3,(H,53,54,55)(H,56,57,58)(H3,39,41,43,45,47,49)(H3,40,42,44,46,48,50);;/q;2*+1/p-2. The Balaban J connectivity index is 0.00000422. The molecule has 6 rings (SSSR count). The van der Waals surface area contributed by atoms with E-state index in [-0.39, 0.29) is 131 Å². The van der Waals surface area contributed by atoms with E-state index in [1.165, 1.54) is 36.4 Å². The fraction of sp³-hybridized carbons (Fsp3) is 0.158. The van der Waals surface area contributed by atoms with Gasteiger partial charge in [0.1, 0.15) is 20.2 Å². The van der Waals surface area contributed by atoms with Crippen LogP contribution >= 0.6 is 0 Å². The molecule has 8 N–H and O–H groups in total. The number of rotatable bonds is 18. The van der Waals surface area contributed by atoms with Crippen molar-refractivity contribution >= 4 is 78.7 Å². The average Bonchev–Trinajstić information content (AvgIpc) is 3.22. The second kappa shape index (κ2) is 22.5. The molecule has 0 aliphatic carbocycles. The van der Waals surface area contributed by atoms with Gasteiger partial charge in [-0.3, -0.25) is 0 Å². The van der Waals surface area contributed by atoms with Crippen LogP contribution in [0.2, 0.25) is 0 Å². The number of hydrogen-bond donors (Lipinski definition) is 8. The Morgan fingerprint density at radius 3 is 1.15 bits per heavy atom. The molecular weight excluding hydrogens is 863 g/mol. The first-order valence-corrected chi connectivity index (χ1v) is 20.8. The summed E-state index contributed by atoms with van der Waals surface area (Å²) in [4.78, 5) is 25.2. The molecule has 0 saturated carbocycles. The molecule has 6 aromatic rings. The summed E-state index contributed by atoms with van der Waals surface area (Å²) in [5.74, 6) is -0.752. The summed E-state index contributed by atoms with van der Waals surface area (Å²) in [6.45, 7) is 2.69. The molecule has 0 aliphatic rings. The van der Waals surface area contributed by atoms with Gasteiger partial charge >= 0.3 is 59.1 Å². The van der Waals surface area contributed by atoms with Gasteiger partial charge in [0.05, 0.1) is 34.4 Å². The van der Waals surface area contributed by atoms with Crippen LogP contribution in [0.5, 0.6) is 0 Å². The van der Waals surface area contributed by atoms with Gasteiger partial charge in [0, 0.05) is 34.6 Å². The molecule has 2 atom stereocenters. The molecule has 0 radical (unpaired) electrons. The monoisotopic (exact) mass is 900 g/mol.